The normalized spacial score (nSPS) is 22.3. The molecule has 3 aliphatic rings. The van der Waals surface area contributed by atoms with Gasteiger partial charge < -0.3 is 19.3 Å². The Morgan fingerprint density at radius 2 is 1.76 bits per heavy atom. The first-order valence-electron chi connectivity index (χ1n) is 12.8. The van der Waals surface area contributed by atoms with Gasteiger partial charge in [0.15, 0.2) is 17.3 Å². The molecule has 2 amide bonds. The van der Waals surface area contributed by atoms with Gasteiger partial charge in [0, 0.05) is 62.4 Å². The second kappa shape index (κ2) is 10.4. The molecule has 0 spiro atoms. The van der Waals surface area contributed by atoms with Crippen LogP contribution in [0.5, 0.6) is 5.75 Å². The lowest BCUT2D eigenvalue weighted by molar-refractivity contribution is -0.133. The van der Waals surface area contributed by atoms with E-state index in [-0.39, 0.29) is 30.6 Å². The number of benzene rings is 1. The highest BCUT2D eigenvalue weighted by Gasteiger charge is 2.34. The predicted molar refractivity (Wildman–Crippen MR) is 127 cm³/mol. The third kappa shape index (κ3) is 5.32. The highest BCUT2D eigenvalue weighted by atomic mass is 19.2. The van der Waals surface area contributed by atoms with Gasteiger partial charge >= 0.3 is 0 Å². The van der Waals surface area contributed by atoms with Gasteiger partial charge in [-0.15, -0.1) is 0 Å². The predicted octanol–water partition coefficient (Wildman–Crippen LogP) is 3.11. The summed E-state index contributed by atoms with van der Waals surface area (Å²) >= 11 is 0. The monoisotopic (exact) mass is 520 g/mol. The molecular formula is C26H31F3N4O4. The van der Waals surface area contributed by atoms with Crippen LogP contribution in [0, 0.1) is 17.5 Å². The summed E-state index contributed by atoms with van der Waals surface area (Å²) in [5, 5.41) is 4.59. The average Bonchev–Trinajstić information content (AvgIpc) is 3.45. The number of amides is 2. The summed E-state index contributed by atoms with van der Waals surface area (Å²) in [7, 11) is 0. The topological polar surface area (TPSA) is 76.9 Å². The maximum atomic E-state index is 13.9. The largest absolute Gasteiger partial charge is 0.487 e. The van der Waals surface area contributed by atoms with E-state index in [0.29, 0.717) is 50.8 Å². The lowest BCUT2D eigenvalue weighted by atomic mass is 10.1. The number of piperidine rings is 1. The van der Waals surface area contributed by atoms with E-state index in [1.54, 1.807) is 14.5 Å². The Bertz CT molecular complexity index is 1180. The molecule has 0 unspecified atom stereocenters. The number of rotatable bonds is 5. The van der Waals surface area contributed by atoms with Crippen molar-refractivity contribution >= 4 is 11.8 Å². The summed E-state index contributed by atoms with van der Waals surface area (Å²) < 4.78 is 53.8. The van der Waals surface area contributed by atoms with Crippen molar-refractivity contribution in [1.82, 2.24) is 19.6 Å². The molecule has 1 aliphatic carbocycles. The van der Waals surface area contributed by atoms with E-state index in [1.165, 1.54) is 0 Å². The Morgan fingerprint density at radius 3 is 2.46 bits per heavy atom. The molecule has 2 saturated heterocycles. The number of hydrogen-bond acceptors (Lipinski definition) is 5. The fourth-order valence-electron chi connectivity index (χ4n) is 5.55. The lowest BCUT2D eigenvalue weighted by Crippen LogP contribution is -2.48. The van der Waals surface area contributed by atoms with E-state index in [4.69, 9.17) is 9.47 Å². The summed E-state index contributed by atoms with van der Waals surface area (Å²) in [6, 6.07) is 1.29. The quantitative estimate of drug-likeness (QED) is 0.567. The molecule has 1 aromatic carbocycles. The van der Waals surface area contributed by atoms with Crippen molar-refractivity contribution < 1.29 is 32.2 Å². The number of hydrogen-bond donors (Lipinski definition) is 0. The smallest absolute Gasteiger partial charge is 0.274 e. The number of fused-ring (bicyclic) bond motifs is 1. The first kappa shape index (κ1) is 25.6. The van der Waals surface area contributed by atoms with Crippen LogP contribution >= 0.6 is 0 Å². The SMILES string of the molecule is C[C@@H]1CN(C(=O)c2nn(CC(=O)N3CCC(Oc4cc(F)cc(F)c4F)CC3)c3c2CCC3)C[C@H](C)O1. The highest BCUT2D eigenvalue weighted by Crippen LogP contribution is 2.28. The highest BCUT2D eigenvalue weighted by molar-refractivity contribution is 5.94. The minimum absolute atomic E-state index is 0.0286. The van der Waals surface area contributed by atoms with Gasteiger partial charge in [0.1, 0.15) is 18.5 Å². The van der Waals surface area contributed by atoms with Crippen LogP contribution in [0.3, 0.4) is 0 Å². The van der Waals surface area contributed by atoms with Crippen molar-refractivity contribution in [2.24, 2.45) is 0 Å². The first-order valence-corrected chi connectivity index (χ1v) is 12.8. The number of aromatic nitrogens is 2. The fraction of sp³-hybridized carbons (Fsp3) is 0.577. The van der Waals surface area contributed by atoms with E-state index in [0.717, 1.165) is 36.6 Å². The molecule has 8 nitrogen and oxygen atoms in total. The second-order valence-corrected chi connectivity index (χ2v) is 10.2. The van der Waals surface area contributed by atoms with E-state index < -0.39 is 29.3 Å². The number of carbonyl (C=O) groups excluding carboxylic acids is 2. The molecule has 0 radical (unpaired) electrons. The molecule has 2 aliphatic heterocycles. The number of ether oxygens (including phenoxy) is 2. The zero-order chi connectivity index (χ0) is 26.3. The van der Waals surface area contributed by atoms with Crippen LogP contribution in [0.25, 0.3) is 0 Å². The molecule has 1 aromatic heterocycles. The zero-order valence-corrected chi connectivity index (χ0v) is 21.0. The van der Waals surface area contributed by atoms with Crippen LogP contribution in [0.1, 0.15) is 54.9 Å². The van der Waals surface area contributed by atoms with Gasteiger partial charge in [-0.1, -0.05) is 0 Å². The Labute approximate surface area is 213 Å². The molecule has 0 saturated carbocycles. The van der Waals surface area contributed by atoms with Gasteiger partial charge in [0.2, 0.25) is 11.7 Å². The standard InChI is InChI=1S/C26H31F3N4O4/c1-15-12-32(13-16(2)36-15)26(35)25-19-4-3-5-21(19)33(30-25)14-23(34)31-8-6-18(7-9-31)37-22-11-17(27)10-20(28)24(22)29/h10-11,15-16,18H,3-9,12-14H2,1-2H3/t15-,16+. The van der Waals surface area contributed by atoms with Crippen molar-refractivity contribution in [3.8, 4) is 5.75 Å². The Hall–Kier alpha value is -3.08. The Balaban J connectivity index is 1.22. The number of nitrogens with zero attached hydrogens (tertiary/aromatic N) is 4. The molecule has 37 heavy (non-hydrogen) atoms. The summed E-state index contributed by atoms with van der Waals surface area (Å²) in [5.74, 6) is -4.15. The zero-order valence-electron chi connectivity index (χ0n) is 21.0. The van der Waals surface area contributed by atoms with Gasteiger partial charge in [-0.05, 0) is 33.1 Å². The first-order chi connectivity index (χ1) is 17.7. The molecule has 200 valence electrons. The molecule has 2 atom stereocenters. The van der Waals surface area contributed by atoms with Crippen LogP contribution in [-0.4, -0.2) is 75.9 Å². The third-order valence-corrected chi connectivity index (χ3v) is 7.25. The van der Waals surface area contributed by atoms with Gasteiger partial charge in [-0.2, -0.15) is 9.49 Å². The maximum absolute atomic E-state index is 13.9. The Morgan fingerprint density at radius 1 is 1.05 bits per heavy atom. The second-order valence-electron chi connectivity index (χ2n) is 10.2. The molecular weight excluding hydrogens is 489 g/mol. The molecule has 0 N–H and O–H groups in total. The van der Waals surface area contributed by atoms with E-state index in [2.05, 4.69) is 5.10 Å². The fourth-order valence-corrected chi connectivity index (χ4v) is 5.55. The molecule has 0 bridgehead atoms. The molecule has 5 rings (SSSR count). The molecule has 2 aromatic rings. The van der Waals surface area contributed by atoms with Crippen molar-refractivity contribution in [3.63, 3.8) is 0 Å². The van der Waals surface area contributed by atoms with E-state index in [1.807, 2.05) is 13.8 Å². The van der Waals surface area contributed by atoms with Gasteiger partial charge in [0.05, 0.1) is 12.2 Å². The number of carbonyl (C=O) groups is 2. The number of halogens is 3. The van der Waals surface area contributed by atoms with Gasteiger partial charge in [-0.25, -0.2) is 8.78 Å². The minimum Gasteiger partial charge on any atom is -0.487 e. The van der Waals surface area contributed by atoms with Crippen molar-refractivity contribution in [2.75, 3.05) is 26.2 Å². The van der Waals surface area contributed by atoms with Crippen molar-refractivity contribution in [1.29, 1.82) is 0 Å². The number of likely N-dealkylation sites (tertiary alicyclic amines) is 1. The van der Waals surface area contributed by atoms with E-state index >= 15 is 0 Å². The van der Waals surface area contributed by atoms with Crippen LogP contribution in [0.2, 0.25) is 0 Å². The minimum atomic E-state index is -1.30. The summed E-state index contributed by atoms with van der Waals surface area (Å²) in [5.41, 5.74) is 2.30. The third-order valence-electron chi connectivity index (χ3n) is 7.25. The number of morpholine rings is 1. The van der Waals surface area contributed by atoms with Crippen molar-refractivity contribution in [2.45, 2.75) is 70.8 Å². The van der Waals surface area contributed by atoms with Gasteiger partial charge in [0.25, 0.3) is 5.91 Å². The van der Waals surface area contributed by atoms with E-state index in [9.17, 15) is 22.8 Å². The summed E-state index contributed by atoms with van der Waals surface area (Å²) in [4.78, 5) is 29.9. The van der Waals surface area contributed by atoms with Crippen LogP contribution in [0.15, 0.2) is 12.1 Å². The van der Waals surface area contributed by atoms with Crippen molar-refractivity contribution in [3.05, 3.63) is 46.5 Å². The summed E-state index contributed by atoms with van der Waals surface area (Å²) in [6.45, 7) is 5.65. The van der Waals surface area contributed by atoms with Crippen LogP contribution in [-0.2, 0) is 28.9 Å². The average molecular weight is 521 g/mol. The molecule has 3 heterocycles. The maximum Gasteiger partial charge on any atom is 0.274 e. The van der Waals surface area contributed by atoms with Crippen LogP contribution < -0.4 is 4.74 Å². The lowest BCUT2D eigenvalue weighted by Gasteiger charge is -2.35. The van der Waals surface area contributed by atoms with Gasteiger partial charge in [-0.3, -0.25) is 14.3 Å². The Kier molecular flexibility index (Phi) is 7.15. The van der Waals surface area contributed by atoms with Crippen LogP contribution in [0.4, 0.5) is 13.2 Å². The molecule has 2 fully saturated rings. The molecule has 11 heteroatoms. The summed E-state index contributed by atoms with van der Waals surface area (Å²) in [6.07, 6.45) is 2.69.